The van der Waals surface area contributed by atoms with Crippen LogP contribution in [0.15, 0.2) is 30.6 Å². The number of hydrogen-bond acceptors (Lipinski definition) is 6. The number of nitrogens with zero attached hydrogens (tertiary/aromatic N) is 4. The number of rotatable bonds is 4. The number of carbonyl (C=O) groups excluding carboxylic acids is 2. The van der Waals surface area contributed by atoms with Crippen molar-refractivity contribution in [3.63, 3.8) is 0 Å². The topological polar surface area (TPSA) is 129 Å². The Morgan fingerprint density at radius 2 is 2.00 bits per heavy atom. The number of aromatic nitrogens is 5. The van der Waals surface area contributed by atoms with Crippen LogP contribution in [0.5, 0.6) is 0 Å². The summed E-state index contributed by atoms with van der Waals surface area (Å²) in [5.41, 5.74) is 2.58. The predicted octanol–water partition coefficient (Wildman–Crippen LogP) is 4.22. The van der Waals surface area contributed by atoms with E-state index in [0.29, 0.717) is 46.2 Å². The number of nitrogens with one attached hydrogen (secondary N) is 3. The molecule has 0 aliphatic carbocycles. The lowest BCUT2D eigenvalue weighted by Crippen LogP contribution is -2.37. The molecule has 0 saturated heterocycles. The quantitative estimate of drug-likeness (QED) is 0.440. The van der Waals surface area contributed by atoms with Gasteiger partial charge in [0.1, 0.15) is 28.1 Å². The van der Waals surface area contributed by atoms with Gasteiger partial charge in [0, 0.05) is 18.9 Å². The highest BCUT2D eigenvalue weighted by molar-refractivity contribution is 6.09. The number of aromatic amines is 2. The monoisotopic (exact) mass is 435 g/mol. The first-order valence-corrected chi connectivity index (χ1v) is 10.3. The standard InChI is InChI=1S/C22H25N7O3/c1-6-29(21(31)32-22(3,4)5)20-18-17(23-11-24-18)13-10-15(27-19(13)28-20)14-8-7-9-16(26-14)25-12(2)30/h7-11H,6H2,1-5H3,(H,23,24)(H,27,28)(H,25,26,30). The van der Waals surface area contributed by atoms with Crippen molar-refractivity contribution in [1.82, 2.24) is 24.9 Å². The van der Waals surface area contributed by atoms with E-state index >= 15 is 0 Å². The van der Waals surface area contributed by atoms with E-state index in [-0.39, 0.29) is 5.91 Å². The third-order valence-corrected chi connectivity index (χ3v) is 4.65. The first-order valence-electron chi connectivity index (χ1n) is 10.3. The fraction of sp³-hybridized carbons (Fsp3) is 0.318. The van der Waals surface area contributed by atoms with E-state index in [4.69, 9.17) is 9.72 Å². The molecule has 166 valence electrons. The smallest absolute Gasteiger partial charge is 0.416 e. The van der Waals surface area contributed by atoms with E-state index in [1.165, 1.54) is 11.8 Å². The molecule has 0 bridgehead atoms. The van der Waals surface area contributed by atoms with Gasteiger partial charge in [-0.25, -0.2) is 19.7 Å². The number of H-pyrrole nitrogens is 2. The molecule has 0 atom stereocenters. The SMILES string of the molecule is CCN(C(=O)OC(C)(C)C)c1nc2[nH]c(-c3cccc(NC(C)=O)n3)cc2c2nc[nH]c12. The minimum Gasteiger partial charge on any atom is -0.443 e. The fourth-order valence-electron chi connectivity index (χ4n) is 3.39. The van der Waals surface area contributed by atoms with E-state index in [0.717, 1.165) is 5.39 Å². The van der Waals surface area contributed by atoms with Gasteiger partial charge in [0.25, 0.3) is 0 Å². The Morgan fingerprint density at radius 1 is 1.22 bits per heavy atom. The van der Waals surface area contributed by atoms with Crippen LogP contribution in [0, 0.1) is 0 Å². The summed E-state index contributed by atoms with van der Waals surface area (Å²) in [5, 5.41) is 3.47. The summed E-state index contributed by atoms with van der Waals surface area (Å²) in [4.78, 5) is 45.7. The van der Waals surface area contributed by atoms with Crippen LogP contribution in [0.25, 0.3) is 33.5 Å². The highest BCUT2D eigenvalue weighted by Crippen LogP contribution is 2.32. The maximum atomic E-state index is 12.8. The van der Waals surface area contributed by atoms with Crippen molar-refractivity contribution in [3.05, 3.63) is 30.6 Å². The van der Waals surface area contributed by atoms with Crippen LogP contribution < -0.4 is 10.2 Å². The van der Waals surface area contributed by atoms with Crippen LogP contribution in [-0.4, -0.2) is 49.1 Å². The van der Waals surface area contributed by atoms with Gasteiger partial charge in [0.2, 0.25) is 5.91 Å². The second-order valence-electron chi connectivity index (χ2n) is 8.32. The molecule has 0 aliphatic heterocycles. The molecule has 0 unspecified atom stereocenters. The zero-order chi connectivity index (χ0) is 23.0. The van der Waals surface area contributed by atoms with Gasteiger partial charge in [-0.05, 0) is 45.9 Å². The molecule has 10 nitrogen and oxygen atoms in total. The number of anilines is 2. The minimum atomic E-state index is -0.633. The van der Waals surface area contributed by atoms with Gasteiger partial charge in [0.05, 0.1) is 17.7 Å². The van der Waals surface area contributed by atoms with Crippen molar-refractivity contribution in [3.8, 4) is 11.4 Å². The summed E-state index contributed by atoms with van der Waals surface area (Å²) in [7, 11) is 0. The molecular weight excluding hydrogens is 410 g/mol. The van der Waals surface area contributed by atoms with Gasteiger partial charge in [-0.2, -0.15) is 0 Å². The third-order valence-electron chi connectivity index (χ3n) is 4.65. The number of fused-ring (bicyclic) bond motifs is 3. The normalized spacial score (nSPS) is 11.7. The van der Waals surface area contributed by atoms with Crippen molar-refractivity contribution in [2.24, 2.45) is 0 Å². The van der Waals surface area contributed by atoms with Crippen molar-refractivity contribution in [1.29, 1.82) is 0 Å². The van der Waals surface area contributed by atoms with E-state index in [1.54, 1.807) is 12.4 Å². The molecule has 0 fully saturated rings. The molecular formula is C22H25N7O3. The summed E-state index contributed by atoms with van der Waals surface area (Å²) >= 11 is 0. The van der Waals surface area contributed by atoms with Crippen molar-refractivity contribution < 1.29 is 14.3 Å². The molecule has 4 aromatic heterocycles. The first kappa shape index (κ1) is 21.3. The first-order chi connectivity index (χ1) is 15.2. The molecule has 4 aromatic rings. The summed E-state index contributed by atoms with van der Waals surface area (Å²) in [6.07, 6.45) is 1.08. The molecule has 32 heavy (non-hydrogen) atoms. The second kappa shape index (κ2) is 7.95. The van der Waals surface area contributed by atoms with Crippen LogP contribution in [0.2, 0.25) is 0 Å². The Balaban J connectivity index is 1.81. The lowest BCUT2D eigenvalue weighted by atomic mass is 10.2. The molecule has 0 saturated carbocycles. The van der Waals surface area contributed by atoms with Crippen LogP contribution in [-0.2, 0) is 9.53 Å². The van der Waals surface area contributed by atoms with E-state index in [1.807, 2.05) is 45.9 Å². The van der Waals surface area contributed by atoms with Crippen LogP contribution in [0.4, 0.5) is 16.4 Å². The number of amides is 2. The molecule has 3 N–H and O–H groups in total. The van der Waals surface area contributed by atoms with Gasteiger partial charge in [-0.1, -0.05) is 6.07 Å². The average Bonchev–Trinajstić information content (AvgIpc) is 3.33. The molecule has 0 spiro atoms. The fourth-order valence-corrected chi connectivity index (χ4v) is 3.39. The zero-order valence-corrected chi connectivity index (χ0v) is 18.6. The predicted molar refractivity (Wildman–Crippen MR) is 123 cm³/mol. The maximum absolute atomic E-state index is 12.8. The highest BCUT2D eigenvalue weighted by atomic mass is 16.6. The Morgan fingerprint density at radius 3 is 2.69 bits per heavy atom. The number of carbonyl (C=O) groups is 2. The van der Waals surface area contributed by atoms with Gasteiger partial charge >= 0.3 is 6.09 Å². The summed E-state index contributed by atoms with van der Waals surface area (Å²) < 4.78 is 5.56. The van der Waals surface area contributed by atoms with Crippen molar-refractivity contribution in [2.45, 2.75) is 40.2 Å². The summed E-state index contributed by atoms with van der Waals surface area (Å²) in [5.74, 6) is 0.682. The third kappa shape index (κ3) is 4.11. The Hall–Kier alpha value is -3.95. The summed E-state index contributed by atoms with van der Waals surface area (Å²) in [6, 6.07) is 7.26. The largest absolute Gasteiger partial charge is 0.443 e. The number of ether oxygens (including phenoxy) is 1. The second-order valence-corrected chi connectivity index (χ2v) is 8.32. The lowest BCUT2D eigenvalue weighted by molar-refractivity contribution is -0.114. The Labute approximate surface area is 184 Å². The van der Waals surface area contributed by atoms with Crippen LogP contribution >= 0.6 is 0 Å². The average molecular weight is 435 g/mol. The van der Waals surface area contributed by atoms with Gasteiger partial charge in [-0.3, -0.25) is 9.69 Å². The molecule has 0 radical (unpaired) electrons. The van der Waals surface area contributed by atoms with Gasteiger partial charge < -0.3 is 20.0 Å². The molecule has 2 amide bonds. The maximum Gasteiger partial charge on any atom is 0.416 e. The molecule has 10 heteroatoms. The number of hydrogen-bond donors (Lipinski definition) is 3. The number of pyridine rings is 2. The number of imidazole rings is 1. The molecule has 0 aromatic carbocycles. The molecule has 4 heterocycles. The van der Waals surface area contributed by atoms with E-state index in [9.17, 15) is 9.59 Å². The van der Waals surface area contributed by atoms with Crippen molar-refractivity contribution in [2.75, 3.05) is 16.8 Å². The highest BCUT2D eigenvalue weighted by Gasteiger charge is 2.26. The van der Waals surface area contributed by atoms with Gasteiger partial charge in [-0.15, -0.1) is 0 Å². The molecule has 4 rings (SSSR count). The van der Waals surface area contributed by atoms with Crippen molar-refractivity contribution >= 4 is 45.7 Å². The summed E-state index contributed by atoms with van der Waals surface area (Å²) in [6.45, 7) is 9.12. The van der Waals surface area contributed by atoms with Crippen LogP contribution in [0.3, 0.4) is 0 Å². The van der Waals surface area contributed by atoms with Gasteiger partial charge in [0.15, 0.2) is 5.82 Å². The minimum absolute atomic E-state index is 0.197. The van der Waals surface area contributed by atoms with E-state index in [2.05, 4.69) is 25.3 Å². The molecule has 0 aliphatic rings. The van der Waals surface area contributed by atoms with Crippen LogP contribution in [0.1, 0.15) is 34.6 Å². The Kier molecular flexibility index (Phi) is 5.29. The van der Waals surface area contributed by atoms with E-state index < -0.39 is 11.7 Å². The Bertz CT molecular complexity index is 1320. The zero-order valence-electron chi connectivity index (χ0n) is 18.6. The lowest BCUT2D eigenvalue weighted by Gasteiger charge is -2.26.